The van der Waals surface area contributed by atoms with Crippen LogP contribution in [0.5, 0.6) is 0 Å². The van der Waals surface area contributed by atoms with Gasteiger partial charge in [-0.3, -0.25) is 13.8 Å². The number of carbonyl (C=O) groups is 2. The van der Waals surface area contributed by atoms with E-state index in [1.54, 1.807) is 19.1 Å². The second-order valence-corrected chi connectivity index (χ2v) is 5.89. The van der Waals surface area contributed by atoms with Gasteiger partial charge < -0.3 is 4.74 Å². The van der Waals surface area contributed by atoms with Crippen molar-refractivity contribution in [1.29, 1.82) is 0 Å². The lowest BCUT2D eigenvalue weighted by Crippen LogP contribution is -2.13. The molecule has 1 aromatic rings. The molecule has 0 saturated heterocycles. The van der Waals surface area contributed by atoms with Crippen LogP contribution in [-0.2, 0) is 25.1 Å². The van der Waals surface area contributed by atoms with Crippen LogP contribution in [0.4, 0.5) is 0 Å². The molecule has 0 radical (unpaired) electrons. The van der Waals surface area contributed by atoms with Crippen LogP contribution in [0.15, 0.2) is 21.7 Å². The first-order valence-electron chi connectivity index (χ1n) is 5.22. The molecule has 0 aromatic carbocycles. The Hall–Kier alpha value is -1.01. The summed E-state index contributed by atoms with van der Waals surface area (Å²) in [5, 5.41) is 1.82. The second-order valence-electron chi connectivity index (χ2n) is 3.27. The number of thiophene rings is 1. The zero-order valence-corrected chi connectivity index (χ0v) is 11.1. The predicted molar refractivity (Wildman–Crippen MR) is 66.5 cm³/mol. The van der Waals surface area contributed by atoms with Crippen molar-refractivity contribution < 1.29 is 18.5 Å². The lowest BCUT2D eigenvalue weighted by molar-refractivity contribution is -0.144. The zero-order chi connectivity index (χ0) is 12.7. The van der Waals surface area contributed by atoms with Gasteiger partial charge in [0, 0.05) is 6.42 Å². The van der Waals surface area contributed by atoms with Crippen LogP contribution in [0.3, 0.4) is 0 Å². The van der Waals surface area contributed by atoms with Crippen LogP contribution in [0, 0.1) is 0 Å². The van der Waals surface area contributed by atoms with Gasteiger partial charge in [0.2, 0.25) is 0 Å². The summed E-state index contributed by atoms with van der Waals surface area (Å²) in [6.45, 7) is 2.03. The van der Waals surface area contributed by atoms with Crippen LogP contribution >= 0.6 is 11.3 Å². The quantitative estimate of drug-likeness (QED) is 0.711. The Balaban J connectivity index is 2.30. The smallest absolute Gasteiger partial charge is 0.306 e. The summed E-state index contributed by atoms with van der Waals surface area (Å²) in [4.78, 5) is 22.5. The molecular formula is C11H14O4S2. The standard InChI is InChI=1S/C11H14O4S2/c1-2-15-10(13)6-5-9(12)8-17(14)11-4-3-7-16-11/h3-4,7H,2,5-6,8H2,1H3. The molecule has 0 saturated carbocycles. The van der Waals surface area contributed by atoms with Crippen molar-refractivity contribution in [2.24, 2.45) is 0 Å². The third-order valence-corrected chi connectivity index (χ3v) is 4.60. The molecule has 0 aliphatic heterocycles. The second kappa shape index (κ2) is 7.34. The van der Waals surface area contributed by atoms with Gasteiger partial charge in [0.25, 0.3) is 0 Å². The third-order valence-electron chi connectivity index (χ3n) is 1.92. The summed E-state index contributed by atoms with van der Waals surface area (Å²) in [6, 6.07) is 3.53. The Labute approximate surface area is 106 Å². The lowest BCUT2D eigenvalue weighted by Gasteiger charge is -2.01. The van der Waals surface area contributed by atoms with Gasteiger partial charge in [-0.1, -0.05) is 6.07 Å². The Bertz CT molecular complexity index is 398. The summed E-state index contributed by atoms with van der Waals surface area (Å²) in [5.41, 5.74) is 0. The molecule has 1 unspecified atom stereocenters. The molecule has 0 aliphatic rings. The summed E-state index contributed by atoms with van der Waals surface area (Å²) < 4.78 is 17.1. The number of esters is 1. The van der Waals surface area contributed by atoms with Gasteiger partial charge in [-0.15, -0.1) is 11.3 Å². The molecule has 0 fully saturated rings. The van der Waals surface area contributed by atoms with Crippen LogP contribution in [-0.4, -0.2) is 28.3 Å². The number of carbonyl (C=O) groups excluding carboxylic acids is 2. The predicted octanol–water partition coefficient (Wildman–Crippen LogP) is 1.77. The summed E-state index contributed by atoms with van der Waals surface area (Å²) in [5.74, 6) is -0.590. The van der Waals surface area contributed by atoms with E-state index in [1.807, 2.05) is 5.38 Å². The molecule has 1 heterocycles. The highest BCUT2D eigenvalue weighted by molar-refractivity contribution is 7.88. The van der Waals surface area contributed by atoms with E-state index in [2.05, 4.69) is 0 Å². The van der Waals surface area contributed by atoms with Crippen molar-refractivity contribution in [3.05, 3.63) is 17.5 Å². The first-order chi connectivity index (χ1) is 8.13. The van der Waals surface area contributed by atoms with E-state index >= 15 is 0 Å². The highest BCUT2D eigenvalue weighted by Gasteiger charge is 2.13. The van der Waals surface area contributed by atoms with Crippen molar-refractivity contribution in [3.8, 4) is 0 Å². The minimum atomic E-state index is -1.28. The highest BCUT2D eigenvalue weighted by Crippen LogP contribution is 2.14. The molecule has 0 aliphatic carbocycles. The van der Waals surface area contributed by atoms with Crippen molar-refractivity contribution in [1.82, 2.24) is 0 Å². The van der Waals surface area contributed by atoms with Crippen molar-refractivity contribution in [2.45, 2.75) is 24.0 Å². The molecule has 1 atom stereocenters. The lowest BCUT2D eigenvalue weighted by atomic mass is 10.2. The van der Waals surface area contributed by atoms with Crippen LogP contribution < -0.4 is 0 Å². The van der Waals surface area contributed by atoms with E-state index in [4.69, 9.17) is 4.74 Å². The molecule has 6 heteroatoms. The topological polar surface area (TPSA) is 60.4 Å². The Kier molecular flexibility index (Phi) is 6.07. The molecule has 0 bridgehead atoms. The number of hydrogen-bond acceptors (Lipinski definition) is 5. The van der Waals surface area contributed by atoms with E-state index in [1.165, 1.54) is 11.3 Å². The van der Waals surface area contributed by atoms with Gasteiger partial charge in [0.15, 0.2) is 0 Å². The first kappa shape index (κ1) is 14.1. The van der Waals surface area contributed by atoms with Gasteiger partial charge in [0.05, 0.1) is 33.8 Å². The molecule has 94 valence electrons. The number of rotatable bonds is 7. The van der Waals surface area contributed by atoms with E-state index in [-0.39, 0.29) is 30.3 Å². The van der Waals surface area contributed by atoms with E-state index in [9.17, 15) is 13.8 Å². The number of ether oxygens (including phenoxy) is 1. The maximum Gasteiger partial charge on any atom is 0.306 e. The number of Topliss-reactive ketones (excluding diaryl/α,β-unsaturated/α-hetero) is 1. The molecule has 17 heavy (non-hydrogen) atoms. The molecule has 1 aromatic heterocycles. The monoisotopic (exact) mass is 274 g/mol. The van der Waals surface area contributed by atoms with Gasteiger partial charge >= 0.3 is 5.97 Å². The Morgan fingerprint density at radius 2 is 2.18 bits per heavy atom. The highest BCUT2D eigenvalue weighted by atomic mass is 32.2. The largest absolute Gasteiger partial charge is 0.466 e. The maximum atomic E-state index is 11.7. The summed E-state index contributed by atoms with van der Waals surface area (Å²) >= 11 is 1.36. The van der Waals surface area contributed by atoms with Crippen molar-refractivity contribution >= 4 is 33.9 Å². The fourth-order valence-electron chi connectivity index (χ4n) is 1.16. The van der Waals surface area contributed by atoms with E-state index in [0.717, 1.165) is 0 Å². The first-order valence-corrected chi connectivity index (χ1v) is 7.42. The van der Waals surface area contributed by atoms with Crippen LogP contribution in [0.1, 0.15) is 19.8 Å². The maximum absolute atomic E-state index is 11.7. The fourth-order valence-corrected chi connectivity index (χ4v) is 3.19. The van der Waals surface area contributed by atoms with Gasteiger partial charge in [-0.2, -0.15) is 0 Å². The van der Waals surface area contributed by atoms with Crippen LogP contribution in [0.25, 0.3) is 0 Å². The summed E-state index contributed by atoms with van der Waals surface area (Å²) in [7, 11) is -1.28. The fraction of sp³-hybridized carbons (Fsp3) is 0.455. The van der Waals surface area contributed by atoms with Crippen molar-refractivity contribution in [2.75, 3.05) is 12.4 Å². The minimum Gasteiger partial charge on any atom is -0.466 e. The minimum absolute atomic E-state index is 0.0279. The molecule has 0 amide bonds. The molecule has 4 nitrogen and oxygen atoms in total. The van der Waals surface area contributed by atoms with Crippen LogP contribution in [0.2, 0.25) is 0 Å². The molecule has 0 spiro atoms. The van der Waals surface area contributed by atoms with Crippen molar-refractivity contribution in [3.63, 3.8) is 0 Å². The van der Waals surface area contributed by atoms with Gasteiger partial charge in [-0.25, -0.2) is 0 Å². The average molecular weight is 274 g/mol. The Morgan fingerprint density at radius 1 is 1.41 bits per heavy atom. The number of ketones is 1. The van der Waals surface area contributed by atoms with E-state index < -0.39 is 10.8 Å². The Morgan fingerprint density at radius 3 is 2.76 bits per heavy atom. The summed E-state index contributed by atoms with van der Waals surface area (Å²) in [6.07, 6.45) is 0.157. The third kappa shape index (κ3) is 5.23. The van der Waals surface area contributed by atoms with Gasteiger partial charge in [-0.05, 0) is 18.4 Å². The molecular weight excluding hydrogens is 260 g/mol. The normalized spacial score (nSPS) is 12.1. The molecule has 1 rings (SSSR count). The SMILES string of the molecule is CCOC(=O)CCC(=O)CS(=O)c1cccs1. The van der Waals surface area contributed by atoms with Gasteiger partial charge in [0.1, 0.15) is 5.78 Å². The molecule has 0 N–H and O–H groups in total. The van der Waals surface area contributed by atoms with E-state index in [0.29, 0.717) is 10.8 Å². The average Bonchev–Trinajstić information content (AvgIpc) is 2.80. The number of hydrogen-bond donors (Lipinski definition) is 0. The zero-order valence-electron chi connectivity index (χ0n) is 9.51.